The molecule has 0 aliphatic rings. The van der Waals surface area contributed by atoms with Gasteiger partial charge in [0.05, 0.1) is 19.0 Å². The van der Waals surface area contributed by atoms with Crippen LogP contribution in [0.5, 0.6) is 11.5 Å². The summed E-state index contributed by atoms with van der Waals surface area (Å²) in [5.74, 6) is 1.43. The fourth-order valence-electron chi connectivity index (χ4n) is 1.60. The Hall–Kier alpha value is -1.33. The van der Waals surface area contributed by atoms with Crippen LogP contribution in [0.3, 0.4) is 0 Å². The van der Waals surface area contributed by atoms with Gasteiger partial charge in [0.2, 0.25) is 0 Å². The van der Waals surface area contributed by atoms with E-state index in [0.29, 0.717) is 5.75 Å². The van der Waals surface area contributed by atoms with Crippen LogP contribution in [0.2, 0.25) is 0 Å². The molecule has 0 atom stereocenters. The summed E-state index contributed by atoms with van der Waals surface area (Å²) in [6.07, 6.45) is 4.61. The van der Waals surface area contributed by atoms with Gasteiger partial charge in [-0.3, -0.25) is 4.68 Å². The number of hydrogen-bond donors (Lipinski definition) is 1. The molecule has 0 radical (unpaired) electrons. The third-order valence-electron chi connectivity index (χ3n) is 2.49. The number of hydrogen-bond acceptors (Lipinski definition) is 3. The Morgan fingerprint density at radius 3 is 2.89 bits per heavy atom. The summed E-state index contributed by atoms with van der Waals surface area (Å²) < 4.78 is 8.38. The minimum Gasteiger partial charge on any atom is -0.454 e. The van der Waals surface area contributed by atoms with Crippen molar-refractivity contribution < 1.29 is 9.84 Å². The van der Waals surface area contributed by atoms with E-state index in [-0.39, 0.29) is 6.61 Å². The van der Waals surface area contributed by atoms with Gasteiger partial charge in [0.15, 0.2) is 5.75 Å². The number of rotatable bonds is 5. The van der Waals surface area contributed by atoms with Crippen molar-refractivity contribution in [3.8, 4) is 11.5 Å². The number of aromatic nitrogens is 2. The normalized spacial score (nSPS) is 10.6. The fraction of sp³-hybridized carbons (Fsp3) is 0.308. The van der Waals surface area contributed by atoms with Crippen molar-refractivity contribution in [2.45, 2.75) is 26.5 Å². The molecule has 0 aliphatic heterocycles. The molecule has 5 heteroatoms. The Kier molecular flexibility index (Phi) is 4.38. The monoisotopic (exact) mass is 310 g/mol. The first-order valence-electron chi connectivity index (χ1n) is 5.82. The number of halogens is 1. The molecule has 0 saturated heterocycles. The quantitative estimate of drug-likeness (QED) is 0.921. The van der Waals surface area contributed by atoms with E-state index >= 15 is 0 Å². The van der Waals surface area contributed by atoms with Crippen LogP contribution in [-0.2, 0) is 13.2 Å². The number of aryl methyl sites for hydroxylation is 1. The van der Waals surface area contributed by atoms with Crippen molar-refractivity contribution in [2.75, 3.05) is 0 Å². The van der Waals surface area contributed by atoms with E-state index in [9.17, 15) is 0 Å². The van der Waals surface area contributed by atoms with Gasteiger partial charge in [-0.1, -0.05) is 28.9 Å². The Balaban J connectivity index is 2.10. The molecule has 0 saturated carbocycles. The Morgan fingerprint density at radius 1 is 1.39 bits per heavy atom. The lowest BCUT2D eigenvalue weighted by Gasteiger charge is -2.05. The van der Waals surface area contributed by atoms with E-state index in [0.717, 1.165) is 28.8 Å². The minimum absolute atomic E-state index is 0.00922. The van der Waals surface area contributed by atoms with Gasteiger partial charge in [-0.2, -0.15) is 5.10 Å². The van der Waals surface area contributed by atoms with E-state index in [2.05, 4.69) is 28.0 Å². The summed E-state index contributed by atoms with van der Waals surface area (Å²) >= 11 is 3.39. The van der Waals surface area contributed by atoms with E-state index in [1.54, 1.807) is 6.20 Å². The molecule has 2 rings (SSSR count). The molecular formula is C13H15BrN2O2. The van der Waals surface area contributed by atoms with E-state index in [1.807, 2.05) is 29.1 Å². The van der Waals surface area contributed by atoms with Crippen molar-refractivity contribution >= 4 is 15.9 Å². The van der Waals surface area contributed by atoms with Gasteiger partial charge in [-0.05, 0) is 24.1 Å². The molecule has 2 aromatic rings. The molecule has 0 bridgehead atoms. The zero-order valence-corrected chi connectivity index (χ0v) is 11.7. The summed E-state index contributed by atoms with van der Waals surface area (Å²) in [5, 5.41) is 13.3. The highest BCUT2D eigenvalue weighted by Gasteiger charge is 2.04. The molecule has 0 amide bonds. The lowest BCUT2D eigenvalue weighted by Crippen LogP contribution is -1.95. The first-order valence-corrected chi connectivity index (χ1v) is 6.62. The molecule has 0 unspecified atom stereocenters. The van der Waals surface area contributed by atoms with Crippen LogP contribution in [0.25, 0.3) is 0 Å². The number of ether oxygens (including phenoxy) is 1. The second kappa shape index (κ2) is 6.02. The SMILES string of the molecule is CCCn1cc(Oc2ccc(CO)c(Br)c2)cn1. The average Bonchev–Trinajstić information content (AvgIpc) is 2.77. The zero-order chi connectivity index (χ0) is 13.0. The molecule has 96 valence electrons. The van der Waals surface area contributed by atoms with Gasteiger partial charge in [-0.25, -0.2) is 0 Å². The molecule has 0 fully saturated rings. The molecule has 0 spiro atoms. The maximum atomic E-state index is 9.08. The molecular weight excluding hydrogens is 296 g/mol. The highest BCUT2D eigenvalue weighted by molar-refractivity contribution is 9.10. The van der Waals surface area contributed by atoms with Gasteiger partial charge in [0.1, 0.15) is 5.75 Å². The van der Waals surface area contributed by atoms with Crippen molar-refractivity contribution in [3.63, 3.8) is 0 Å². The second-order valence-electron chi connectivity index (χ2n) is 3.95. The first-order chi connectivity index (χ1) is 8.72. The molecule has 1 aromatic heterocycles. The van der Waals surface area contributed by atoms with Gasteiger partial charge in [0.25, 0.3) is 0 Å². The van der Waals surface area contributed by atoms with E-state index in [4.69, 9.17) is 9.84 Å². The van der Waals surface area contributed by atoms with Crippen molar-refractivity contribution in [3.05, 3.63) is 40.6 Å². The Morgan fingerprint density at radius 2 is 2.22 bits per heavy atom. The third-order valence-corrected chi connectivity index (χ3v) is 3.23. The van der Waals surface area contributed by atoms with E-state index in [1.165, 1.54) is 0 Å². The molecule has 1 heterocycles. The highest BCUT2D eigenvalue weighted by Crippen LogP contribution is 2.26. The third kappa shape index (κ3) is 3.11. The largest absolute Gasteiger partial charge is 0.454 e. The summed E-state index contributed by atoms with van der Waals surface area (Å²) in [7, 11) is 0. The molecule has 0 aliphatic carbocycles. The predicted octanol–water partition coefficient (Wildman–Crippen LogP) is 3.34. The highest BCUT2D eigenvalue weighted by atomic mass is 79.9. The average molecular weight is 311 g/mol. The van der Waals surface area contributed by atoms with Crippen molar-refractivity contribution in [2.24, 2.45) is 0 Å². The lowest BCUT2D eigenvalue weighted by molar-refractivity contribution is 0.281. The standard InChI is InChI=1S/C13H15BrN2O2/c1-2-5-16-8-12(7-15-16)18-11-4-3-10(9-17)13(14)6-11/h3-4,6-8,17H,2,5,9H2,1H3. The lowest BCUT2D eigenvalue weighted by atomic mass is 10.2. The molecule has 18 heavy (non-hydrogen) atoms. The van der Waals surface area contributed by atoms with Gasteiger partial charge < -0.3 is 9.84 Å². The van der Waals surface area contributed by atoms with E-state index < -0.39 is 0 Å². The molecule has 1 aromatic carbocycles. The zero-order valence-electron chi connectivity index (χ0n) is 10.1. The summed E-state index contributed by atoms with van der Waals surface area (Å²) in [6.45, 7) is 3.00. The van der Waals surface area contributed by atoms with Gasteiger partial charge in [0, 0.05) is 11.0 Å². The maximum Gasteiger partial charge on any atom is 0.165 e. The number of aliphatic hydroxyl groups is 1. The summed E-state index contributed by atoms with van der Waals surface area (Å²) in [6, 6.07) is 5.49. The van der Waals surface area contributed by atoms with Crippen LogP contribution >= 0.6 is 15.9 Å². The fourth-order valence-corrected chi connectivity index (χ4v) is 2.09. The topological polar surface area (TPSA) is 47.3 Å². The number of aliphatic hydroxyl groups excluding tert-OH is 1. The van der Waals surface area contributed by atoms with Crippen LogP contribution in [0, 0.1) is 0 Å². The predicted molar refractivity (Wildman–Crippen MR) is 72.7 cm³/mol. The molecule has 1 N–H and O–H groups in total. The minimum atomic E-state index is 0.00922. The Bertz CT molecular complexity index is 525. The van der Waals surface area contributed by atoms with Crippen molar-refractivity contribution in [1.29, 1.82) is 0 Å². The number of benzene rings is 1. The van der Waals surface area contributed by atoms with Crippen molar-refractivity contribution in [1.82, 2.24) is 9.78 Å². The number of nitrogens with zero attached hydrogens (tertiary/aromatic N) is 2. The molecule has 4 nitrogen and oxygen atoms in total. The smallest absolute Gasteiger partial charge is 0.165 e. The first kappa shape index (κ1) is 13.1. The van der Waals surface area contributed by atoms with Crippen LogP contribution in [-0.4, -0.2) is 14.9 Å². The second-order valence-corrected chi connectivity index (χ2v) is 4.81. The van der Waals surface area contributed by atoms with Gasteiger partial charge in [-0.15, -0.1) is 0 Å². The summed E-state index contributed by atoms with van der Waals surface area (Å²) in [5.41, 5.74) is 0.837. The van der Waals surface area contributed by atoms with Crippen LogP contribution in [0.1, 0.15) is 18.9 Å². The van der Waals surface area contributed by atoms with Gasteiger partial charge >= 0.3 is 0 Å². The van der Waals surface area contributed by atoms with Crippen LogP contribution < -0.4 is 4.74 Å². The maximum absolute atomic E-state index is 9.08. The van der Waals surface area contributed by atoms with Crippen LogP contribution in [0.15, 0.2) is 35.1 Å². The Labute approximate surface area is 114 Å². The summed E-state index contributed by atoms with van der Waals surface area (Å²) in [4.78, 5) is 0. The van der Waals surface area contributed by atoms with Crippen LogP contribution in [0.4, 0.5) is 0 Å².